The molecule has 0 saturated heterocycles. The van der Waals surface area contributed by atoms with E-state index in [0.29, 0.717) is 23.5 Å². The van der Waals surface area contributed by atoms with Gasteiger partial charge in [0, 0.05) is 46.5 Å². The average molecular weight is 670 g/mol. The Morgan fingerprint density at radius 3 is 2.64 bits per heavy atom. The predicted octanol–water partition coefficient (Wildman–Crippen LogP) is 9.92. The molecule has 3 aromatic heterocycles. The van der Waals surface area contributed by atoms with Crippen LogP contribution in [0.5, 0.6) is 5.75 Å². The van der Waals surface area contributed by atoms with E-state index in [9.17, 15) is 9.59 Å². The number of carbonyl (C=O) groups excluding carboxylic acids is 1. The van der Waals surface area contributed by atoms with E-state index in [4.69, 9.17) is 13.6 Å². The predicted molar refractivity (Wildman–Crippen MR) is 201 cm³/mol. The number of aromatic nitrogens is 1. The highest BCUT2D eigenvalue weighted by atomic mass is 16.5. The number of allylic oxidation sites excluding steroid dienone is 9. The van der Waals surface area contributed by atoms with Crippen LogP contribution in [0.1, 0.15) is 60.3 Å². The summed E-state index contributed by atoms with van der Waals surface area (Å²) in [5.41, 5.74) is 6.46. The molecule has 7 heteroatoms. The normalized spacial score (nSPS) is 15.6. The molecule has 2 aromatic carbocycles. The van der Waals surface area contributed by atoms with Crippen molar-refractivity contribution < 1.29 is 22.9 Å². The first-order valence-corrected chi connectivity index (χ1v) is 17.3. The fraction of sp³-hybridized carbons (Fsp3) is 0.279. The maximum absolute atomic E-state index is 12.8. The summed E-state index contributed by atoms with van der Waals surface area (Å²) in [4.78, 5) is 24.7. The Hall–Kier alpha value is -5.43. The zero-order valence-electron chi connectivity index (χ0n) is 29.5. The fourth-order valence-corrected chi connectivity index (χ4v) is 6.68. The Labute approximate surface area is 292 Å². The molecular weight excluding hydrogens is 624 g/mol. The van der Waals surface area contributed by atoms with Gasteiger partial charge in [-0.05, 0) is 98.4 Å². The third kappa shape index (κ3) is 8.23. The number of aryl methyl sites for hydroxylation is 1. The van der Waals surface area contributed by atoms with Gasteiger partial charge in [-0.1, -0.05) is 55.4 Å². The third-order valence-electron chi connectivity index (χ3n) is 9.33. The number of hydrogen-bond donors (Lipinski definition) is 1. The summed E-state index contributed by atoms with van der Waals surface area (Å²) in [7, 11) is 0. The third-order valence-corrected chi connectivity index (χ3v) is 9.33. The monoisotopic (exact) mass is 669 g/mol. The Kier molecular flexibility index (Phi) is 10.3. The van der Waals surface area contributed by atoms with Crippen molar-refractivity contribution in [3.8, 4) is 5.75 Å². The quantitative estimate of drug-likeness (QED) is 0.0498. The Morgan fingerprint density at radius 1 is 0.980 bits per heavy atom. The maximum Gasteiger partial charge on any atom is 0.336 e. The summed E-state index contributed by atoms with van der Waals surface area (Å²) in [5.74, 6) is 0.277. The standard InChI is InChI=1S/C43H44N2O5/c1-29(12-16-37-31(3)11-7-20-43(37,4)5)9-6-10-30(2)25-38(46)44-36-15-13-35-28-45(22-18-32(35)27-36)21-8-23-48-42-40-34(19-24-49-40)26-33-14-17-39(47)50-41(33)42/h6,9-10,12-19,22,24-28H,7-8,11,20-21,23H2,1-5H3/p+1/b10-6+,16-12+,29-9+,30-25+. The van der Waals surface area contributed by atoms with Crippen molar-refractivity contribution in [2.24, 2.45) is 5.41 Å². The first-order valence-electron chi connectivity index (χ1n) is 17.3. The van der Waals surface area contributed by atoms with Crippen molar-refractivity contribution in [1.82, 2.24) is 0 Å². The van der Waals surface area contributed by atoms with Crippen molar-refractivity contribution in [3.05, 3.63) is 136 Å². The molecule has 1 aliphatic rings. The van der Waals surface area contributed by atoms with E-state index < -0.39 is 5.63 Å². The molecule has 0 bridgehead atoms. The fourth-order valence-electron chi connectivity index (χ4n) is 6.68. The zero-order chi connectivity index (χ0) is 35.3. The molecule has 0 radical (unpaired) electrons. The SMILES string of the molecule is CC1=C(/C=C/C(C)=C/C=C/C(C)=C/C(=O)Nc2ccc3c[n+](CCCOc4c5occc5cc5ccc(=O)oc45)ccc3c2)C(C)(C)CCC1. The number of anilines is 1. The van der Waals surface area contributed by atoms with Crippen molar-refractivity contribution in [2.45, 2.75) is 66.8 Å². The largest absolute Gasteiger partial charge is 0.486 e. The molecule has 1 amide bonds. The molecule has 1 aliphatic carbocycles. The van der Waals surface area contributed by atoms with Gasteiger partial charge in [0.25, 0.3) is 0 Å². The number of benzene rings is 2. The zero-order valence-corrected chi connectivity index (χ0v) is 29.5. The summed E-state index contributed by atoms with van der Waals surface area (Å²) in [6.07, 6.45) is 22.2. The number of nitrogens with zero attached hydrogens (tertiary/aromatic N) is 1. The number of amides is 1. The van der Waals surface area contributed by atoms with Crippen molar-refractivity contribution in [2.75, 3.05) is 11.9 Å². The van der Waals surface area contributed by atoms with Crippen LogP contribution in [0.2, 0.25) is 0 Å². The minimum Gasteiger partial charge on any atom is -0.486 e. The maximum atomic E-state index is 12.8. The van der Waals surface area contributed by atoms with Gasteiger partial charge in [-0.3, -0.25) is 4.79 Å². The van der Waals surface area contributed by atoms with Gasteiger partial charge in [-0.2, -0.15) is 0 Å². The van der Waals surface area contributed by atoms with Crippen LogP contribution in [-0.4, -0.2) is 12.5 Å². The van der Waals surface area contributed by atoms with Crippen LogP contribution >= 0.6 is 0 Å². The molecule has 5 aromatic rings. The Bertz CT molecular complexity index is 2280. The van der Waals surface area contributed by atoms with Gasteiger partial charge < -0.3 is 18.9 Å². The number of hydrogen-bond acceptors (Lipinski definition) is 5. The van der Waals surface area contributed by atoms with Crippen LogP contribution in [0.3, 0.4) is 0 Å². The number of rotatable bonds is 11. The van der Waals surface area contributed by atoms with Gasteiger partial charge in [-0.25, -0.2) is 9.36 Å². The van der Waals surface area contributed by atoms with Crippen LogP contribution in [0, 0.1) is 5.41 Å². The van der Waals surface area contributed by atoms with Crippen molar-refractivity contribution >= 4 is 44.3 Å². The van der Waals surface area contributed by atoms with Crippen LogP contribution in [0.15, 0.2) is 140 Å². The van der Waals surface area contributed by atoms with Gasteiger partial charge in [0.15, 0.2) is 30.1 Å². The summed E-state index contributed by atoms with van der Waals surface area (Å²) in [6.45, 7) is 12.1. The Morgan fingerprint density at radius 2 is 1.80 bits per heavy atom. The van der Waals surface area contributed by atoms with E-state index in [2.05, 4.69) is 62.0 Å². The molecule has 3 heterocycles. The minimum atomic E-state index is -0.434. The van der Waals surface area contributed by atoms with E-state index in [1.807, 2.05) is 61.7 Å². The van der Waals surface area contributed by atoms with Crippen molar-refractivity contribution in [3.63, 3.8) is 0 Å². The second kappa shape index (κ2) is 15.0. The summed E-state index contributed by atoms with van der Waals surface area (Å²) in [5, 5.41) is 6.75. The summed E-state index contributed by atoms with van der Waals surface area (Å²) < 4.78 is 19.3. The van der Waals surface area contributed by atoms with Crippen LogP contribution < -0.4 is 20.2 Å². The molecule has 256 valence electrons. The molecule has 50 heavy (non-hydrogen) atoms. The highest BCUT2D eigenvalue weighted by Gasteiger charge is 2.26. The molecule has 7 nitrogen and oxygen atoms in total. The van der Waals surface area contributed by atoms with E-state index in [1.165, 1.54) is 42.0 Å². The van der Waals surface area contributed by atoms with Gasteiger partial charge >= 0.3 is 5.63 Å². The lowest BCUT2D eigenvalue weighted by molar-refractivity contribution is -0.696. The highest BCUT2D eigenvalue weighted by molar-refractivity contribution is 6.01. The second-order valence-corrected chi connectivity index (χ2v) is 13.9. The average Bonchev–Trinajstić information content (AvgIpc) is 3.54. The second-order valence-electron chi connectivity index (χ2n) is 13.9. The van der Waals surface area contributed by atoms with E-state index >= 15 is 0 Å². The molecule has 0 unspecified atom stereocenters. The molecule has 0 atom stereocenters. The van der Waals surface area contributed by atoms with Crippen molar-refractivity contribution in [1.29, 1.82) is 0 Å². The highest BCUT2D eigenvalue weighted by Crippen LogP contribution is 2.41. The molecule has 1 N–H and O–H groups in total. The first-order chi connectivity index (χ1) is 24.1. The summed E-state index contributed by atoms with van der Waals surface area (Å²) in [6, 6.07) is 14.8. The number of pyridine rings is 1. The first kappa shape index (κ1) is 34.4. The molecule has 0 spiro atoms. The molecule has 0 saturated carbocycles. The number of nitrogens with one attached hydrogen (secondary N) is 1. The Balaban J connectivity index is 1.02. The topological polar surface area (TPSA) is 85.6 Å². The lowest BCUT2D eigenvalue weighted by atomic mass is 9.72. The van der Waals surface area contributed by atoms with E-state index in [-0.39, 0.29) is 11.3 Å². The summed E-state index contributed by atoms with van der Waals surface area (Å²) >= 11 is 0. The minimum absolute atomic E-state index is 0.169. The molecule has 6 rings (SSSR count). The number of furan rings is 1. The molecular formula is C43H45N2O5+. The lowest BCUT2D eigenvalue weighted by Crippen LogP contribution is -2.33. The number of fused-ring (bicyclic) bond motifs is 3. The lowest BCUT2D eigenvalue weighted by Gasteiger charge is -2.32. The van der Waals surface area contributed by atoms with Gasteiger partial charge in [0.1, 0.15) is 0 Å². The number of carbonyl (C=O) groups is 1. The number of ether oxygens (including phenoxy) is 1. The van der Waals surface area contributed by atoms with Crippen LogP contribution in [0.4, 0.5) is 5.69 Å². The van der Waals surface area contributed by atoms with Crippen LogP contribution in [-0.2, 0) is 11.3 Å². The molecule has 0 aliphatic heterocycles. The smallest absolute Gasteiger partial charge is 0.336 e. The van der Waals surface area contributed by atoms with Gasteiger partial charge in [0.05, 0.1) is 12.9 Å². The van der Waals surface area contributed by atoms with Gasteiger partial charge in [-0.15, -0.1) is 0 Å². The molecule has 0 fully saturated rings. The van der Waals surface area contributed by atoms with E-state index in [0.717, 1.165) is 45.8 Å². The van der Waals surface area contributed by atoms with E-state index in [1.54, 1.807) is 18.4 Å². The van der Waals surface area contributed by atoms with Gasteiger partial charge in [0.2, 0.25) is 11.7 Å². The van der Waals surface area contributed by atoms with Crippen LogP contribution in [0.25, 0.3) is 32.7 Å².